The summed E-state index contributed by atoms with van der Waals surface area (Å²) in [6.45, 7) is -2.26. The minimum Gasteiger partial charge on any atom is -0.493 e. The van der Waals surface area contributed by atoms with Crippen LogP contribution in [0.5, 0.6) is 11.5 Å². The van der Waals surface area contributed by atoms with Crippen LogP contribution in [-0.4, -0.2) is 43.4 Å². The van der Waals surface area contributed by atoms with E-state index in [-0.39, 0.29) is 17.1 Å². The minimum absolute atomic E-state index is 0.0542. The van der Waals surface area contributed by atoms with Gasteiger partial charge in [-0.25, -0.2) is 4.79 Å². The lowest BCUT2D eigenvalue weighted by Gasteiger charge is -2.13. The average molecular weight is 307 g/mol. The molecule has 0 heterocycles. The second kappa shape index (κ2) is 6.82. The van der Waals surface area contributed by atoms with E-state index in [1.807, 2.05) is 0 Å². The van der Waals surface area contributed by atoms with E-state index in [2.05, 4.69) is 0 Å². The predicted octanol–water partition coefficient (Wildman–Crippen LogP) is 1.45. The van der Waals surface area contributed by atoms with E-state index in [0.29, 0.717) is 0 Å². The van der Waals surface area contributed by atoms with Crippen molar-refractivity contribution in [2.24, 2.45) is 0 Å². The zero-order valence-corrected chi connectivity index (χ0v) is 10.9. The highest BCUT2D eigenvalue weighted by Crippen LogP contribution is 2.31. The summed E-state index contributed by atoms with van der Waals surface area (Å²) >= 11 is 0. The van der Waals surface area contributed by atoms with E-state index in [1.165, 1.54) is 25.3 Å². The zero-order valence-electron chi connectivity index (χ0n) is 10.9. The maximum atomic E-state index is 11.9. The van der Waals surface area contributed by atoms with Crippen LogP contribution in [-0.2, 0) is 4.79 Å². The van der Waals surface area contributed by atoms with Crippen LogP contribution in [0.4, 0.5) is 13.2 Å². The molecule has 1 amide bonds. The molecule has 0 aromatic heterocycles. The normalized spacial score (nSPS) is 10.9. The number of ether oxygens (including phenoxy) is 2. The van der Waals surface area contributed by atoms with Gasteiger partial charge in [-0.15, -0.1) is 0 Å². The second-order valence-electron chi connectivity index (χ2n) is 3.82. The maximum absolute atomic E-state index is 11.9. The van der Waals surface area contributed by atoms with Crippen molar-refractivity contribution >= 4 is 11.9 Å². The highest BCUT2D eigenvalue weighted by atomic mass is 19.4. The SMILES string of the molecule is COc1cccc(C(=O)O)c1OCC(=O)NCC(F)(F)F. The van der Waals surface area contributed by atoms with Crippen LogP contribution in [0.1, 0.15) is 10.4 Å². The number of carboxylic acids is 1. The number of halogens is 3. The molecule has 6 nitrogen and oxygen atoms in total. The number of carboxylic acid groups (broad SMARTS) is 1. The van der Waals surface area contributed by atoms with Gasteiger partial charge < -0.3 is 19.9 Å². The molecule has 116 valence electrons. The van der Waals surface area contributed by atoms with Crippen LogP contribution in [0, 0.1) is 0 Å². The summed E-state index contributed by atoms with van der Waals surface area (Å²) in [5, 5.41) is 10.6. The predicted molar refractivity (Wildman–Crippen MR) is 64.5 cm³/mol. The van der Waals surface area contributed by atoms with Crippen molar-refractivity contribution < 1.29 is 37.3 Å². The first-order chi connectivity index (χ1) is 9.74. The molecule has 0 aliphatic heterocycles. The Morgan fingerprint density at radius 1 is 1.33 bits per heavy atom. The Labute approximate surface area is 117 Å². The molecule has 1 aromatic carbocycles. The summed E-state index contributed by atoms with van der Waals surface area (Å²) in [6.07, 6.45) is -4.54. The smallest absolute Gasteiger partial charge is 0.405 e. The molecule has 21 heavy (non-hydrogen) atoms. The molecule has 0 saturated carbocycles. The summed E-state index contributed by atoms with van der Waals surface area (Å²) in [5.41, 5.74) is -0.266. The first kappa shape index (κ1) is 16.6. The molecule has 0 fully saturated rings. The molecule has 0 radical (unpaired) electrons. The monoisotopic (exact) mass is 307 g/mol. The van der Waals surface area contributed by atoms with Gasteiger partial charge in [0.2, 0.25) is 0 Å². The van der Waals surface area contributed by atoms with E-state index < -0.39 is 31.2 Å². The van der Waals surface area contributed by atoms with Gasteiger partial charge in [-0.3, -0.25) is 4.79 Å². The molecule has 0 unspecified atom stereocenters. The molecular formula is C12H12F3NO5. The van der Waals surface area contributed by atoms with Crippen molar-refractivity contribution in [1.82, 2.24) is 5.32 Å². The number of carbonyl (C=O) groups excluding carboxylic acids is 1. The number of carbonyl (C=O) groups is 2. The first-order valence-electron chi connectivity index (χ1n) is 5.61. The molecule has 9 heteroatoms. The number of rotatable bonds is 6. The van der Waals surface area contributed by atoms with Gasteiger partial charge in [0.05, 0.1) is 7.11 Å². The van der Waals surface area contributed by atoms with Crippen molar-refractivity contribution in [3.63, 3.8) is 0 Å². The highest BCUT2D eigenvalue weighted by molar-refractivity contribution is 5.92. The largest absolute Gasteiger partial charge is 0.493 e. The number of alkyl halides is 3. The summed E-state index contributed by atoms with van der Waals surface area (Å²) < 4.78 is 45.6. The van der Waals surface area contributed by atoms with Gasteiger partial charge in [-0.2, -0.15) is 13.2 Å². The number of amides is 1. The Hall–Kier alpha value is -2.45. The van der Waals surface area contributed by atoms with Gasteiger partial charge in [-0.1, -0.05) is 6.07 Å². The quantitative estimate of drug-likeness (QED) is 0.831. The van der Waals surface area contributed by atoms with E-state index in [1.54, 1.807) is 5.32 Å². The molecule has 1 rings (SSSR count). The number of methoxy groups -OCH3 is 1. The van der Waals surface area contributed by atoms with Crippen LogP contribution in [0.3, 0.4) is 0 Å². The van der Waals surface area contributed by atoms with Crippen LogP contribution in [0.15, 0.2) is 18.2 Å². The fraction of sp³-hybridized carbons (Fsp3) is 0.333. The first-order valence-corrected chi connectivity index (χ1v) is 5.61. The topological polar surface area (TPSA) is 84.9 Å². The lowest BCUT2D eigenvalue weighted by atomic mass is 10.2. The fourth-order valence-corrected chi connectivity index (χ4v) is 1.38. The van der Waals surface area contributed by atoms with E-state index in [4.69, 9.17) is 14.6 Å². The standard InChI is InChI=1S/C12H12F3NO5/c1-20-8-4-2-3-7(11(18)19)10(8)21-5-9(17)16-6-12(13,14)15/h2-4H,5-6H2,1H3,(H,16,17)(H,18,19). The van der Waals surface area contributed by atoms with Crippen molar-refractivity contribution in [2.75, 3.05) is 20.3 Å². The Bertz CT molecular complexity index is 530. The third kappa shape index (κ3) is 5.21. The van der Waals surface area contributed by atoms with Crippen molar-refractivity contribution in [1.29, 1.82) is 0 Å². The summed E-state index contributed by atoms with van der Waals surface area (Å²) in [6, 6.07) is 4.02. The van der Waals surface area contributed by atoms with E-state index in [9.17, 15) is 22.8 Å². The number of hydrogen-bond donors (Lipinski definition) is 2. The van der Waals surface area contributed by atoms with Gasteiger partial charge >= 0.3 is 12.1 Å². The Balaban J connectivity index is 2.74. The summed E-state index contributed by atoms with van der Waals surface area (Å²) in [5.74, 6) is -2.53. The minimum atomic E-state index is -4.54. The highest BCUT2D eigenvalue weighted by Gasteiger charge is 2.28. The van der Waals surface area contributed by atoms with Crippen LogP contribution < -0.4 is 14.8 Å². The van der Waals surface area contributed by atoms with Crippen molar-refractivity contribution in [2.45, 2.75) is 6.18 Å². The van der Waals surface area contributed by atoms with Gasteiger partial charge in [0, 0.05) is 0 Å². The number of nitrogens with one attached hydrogen (secondary N) is 1. The molecule has 0 atom stereocenters. The number of aromatic carboxylic acids is 1. The number of hydrogen-bond acceptors (Lipinski definition) is 4. The van der Waals surface area contributed by atoms with Gasteiger partial charge in [0.1, 0.15) is 12.1 Å². The zero-order chi connectivity index (χ0) is 16.0. The van der Waals surface area contributed by atoms with Gasteiger partial charge in [0.25, 0.3) is 5.91 Å². The number of benzene rings is 1. The van der Waals surface area contributed by atoms with E-state index in [0.717, 1.165) is 0 Å². The third-order valence-electron chi connectivity index (χ3n) is 2.26. The fourth-order valence-electron chi connectivity index (χ4n) is 1.38. The van der Waals surface area contributed by atoms with Crippen molar-refractivity contribution in [3.8, 4) is 11.5 Å². The Morgan fingerprint density at radius 3 is 2.52 bits per heavy atom. The van der Waals surface area contributed by atoms with E-state index >= 15 is 0 Å². The number of para-hydroxylation sites is 1. The second-order valence-corrected chi connectivity index (χ2v) is 3.82. The summed E-state index contributed by atoms with van der Waals surface area (Å²) in [4.78, 5) is 22.2. The van der Waals surface area contributed by atoms with Crippen LogP contribution in [0.2, 0.25) is 0 Å². The van der Waals surface area contributed by atoms with Crippen molar-refractivity contribution in [3.05, 3.63) is 23.8 Å². The van der Waals surface area contributed by atoms with Gasteiger partial charge in [0.15, 0.2) is 18.1 Å². The average Bonchev–Trinajstić information content (AvgIpc) is 2.41. The van der Waals surface area contributed by atoms with Gasteiger partial charge in [-0.05, 0) is 12.1 Å². The van der Waals surface area contributed by atoms with Crippen LogP contribution in [0.25, 0.3) is 0 Å². The Kier molecular flexibility index (Phi) is 5.39. The molecular weight excluding hydrogens is 295 g/mol. The molecule has 0 aliphatic carbocycles. The molecule has 0 bridgehead atoms. The summed E-state index contributed by atoms with van der Waals surface area (Å²) in [7, 11) is 1.26. The lowest BCUT2D eigenvalue weighted by Crippen LogP contribution is -2.36. The molecule has 0 aliphatic rings. The molecule has 0 spiro atoms. The van der Waals surface area contributed by atoms with Crippen LogP contribution >= 0.6 is 0 Å². The maximum Gasteiger partial charge on any atom is 0.405 e. The third-order valence-corrected chi connectivity index (χ3v) is 2.26. The molecule has 2 N–H and O–H groups in total. The Morgan fingerprint density at radius 2 is 2.00 bits per heavy atom. The molecule has 0 saturated heterocycles. The molecule has 1 aromatic rings. The lowest BCUT2D eigenvalue weighted by molar-refractivity contribution is -0.139.